The molecule has 6 heteroatoms. The summed E-state index contributed by atoms with van der Waals surface area (Å²) in [6.45, 7) is 5.48. The number of nitrogens with one attached hydrogen (secondary N) is 1. The molecule has 0 radical (unpaired) electrons. The van der Waals surface area contributed by atoms with Crippen molar-refractivity contribution in [3.63, 3.8) is 0 Å². The van der Waals surface area contributed by atoms with E-state index in [-0.39, 0.29) is 24.4 Å². The van der Waals surface area contributed by atoms with Crippen molar-refractivity contribution in [3.05, 3.63) is 59.9 Å². The van der Waals surface area contributed by atoms with Gasteiger partial charge in [0.05, 0.1) is 6.04 Å². The number of para-hydroxylation sites is 1. The van der Waals surface area contributed by atoms with Crippen molar-refractivity contribution < 1.29 is 13.9 Å². The minimum absolute atomic E-state index is 0.0759. The lowest BCUT2D eigenvalue weighted by Crippen LogP contribution is -2.45. The van der Waals surface area contributed by atoms with E-state index in [4.69, 9.17) is 4.74 Å². The Balaban J connectivity index is 1.65. The summed E-state index contributed by atoms with van der Waals surface area (Å²) in [7, 11) is 2.10. The smallest absolute Gasteiger partial charge is 0.258 e. The number of halogens is 1. The normalized spacial score (nSPS) is 16.0. The molecule has 3 rings (SSSR count). The molecular formula is C21H26FN3O2. The second kappa shape index (κ2) is 8.86. The maximum atomic E-state index is 13.9. The van der Waals surface area contributed by atoms with Crippen LogP contribution in [0.4, 0.5) is 10.1 Å². The third-order valence-corrected chi connectivity index (χ3v) is 4.79. The van der Waals surface area contributed by atoms with Crippen LogP contribution in [-0.2, 0) is 4.79 Å². The highest BCUT2D eigenvalue weighted by Crippen LogP contribution is 2.28. The molecule has 144 valence electrons. The maximum absolute atomic E-state index is 13.9. The Morgan fingerprint density at radius 3 is 2.56 bits per heavy atom. The fourth-order valence-electron chi connectivity index (χ4n) is 3.23. The van der Waals surface area contributed by atoms with Gasteiger partial charge in [-0.05, 0) is 44.3 Å². The van der Waals surface area contributed by atoms with E-state index >= 15 is 0 Å². The van der Waals surface area contributed by atoms with E-state index in [9.17, 15) is 9.18 Å². The molecule has 0 spiro atoms. The summed E-state index contributed by atoms with van der Waals surface area (Å²) in [4.78, 5) is 16.8. The molecule has 27 heavy (non-hydrogen) atoms. The molecule has 2 aromatic carbocycles. The average Bonchev–Trinajstić information content (AvgIpc) is 2.68. The van der Waals surface area contributed by atoms with Gasteiger partial charge in [-0.15, -0.1) is 0 Å². The van der Waals surface area contributed by atoms with E-state index in [1.165, 1.54) is 12.1 Å². The van der Waals surface area contributed by atoms with E-state index in [0.29, 0.717) is 5.75 Å². The van der Waals surface area contributed by atoms with Gasteiger partial charge in [0.2, 0.25) is 0 Å². The average molecular weight is 371 g/mol. The Bertz CT molecular complexity index is 761. The van der Waals surface area contributed by atoms with Gasteiger partial charge in [-0.2, -0.15) is 0 Å². The lowest BCUT2D eigenvalue weighted by molar-refractivity contribution is -0.123. The third kappa shape index (κ3) is 5.20. The van der Waals surface area contributed by atoms with Crippen molar-refractivity contribution in [2.75, 3.05) is 44.7 Å². The molecule has 1 N–H and O–H groups in total. The van der Waals surface area contributed by atoms with Crippen molar-refractivity contribution in [1.82, 2.24) is 10.2 Å². The standard InChI is InChI=1S/C21H26FN3O2/c1-16(23-21(26)15-27-18-6-4-3-5-7-18)19-14-17(22)8-9-20(19)25-12-10-24(2)11-13-25/h3-9,14,16H,10-13,15H2,1-2H3,(H,23,26). The van der Waals surface area contributed by atoms with Crippen molar-refractivity contribution >= 4 is 11.6 Å². The zero-order valence-electron chi connectivity index (χ0n) is 15.8. The van der Waals surface area contributed by atoms with Crippen LogP contribution in [-0.4, -0.2) is 50.6 Å². The number of carbonyl (C=O) groups excluding carboxylic acids is 1. The second-order valence-electron chi connectivity index (χ2n) is 6.88. The highest BCUT2D eigenvalue weighted by atomic mass is 19.1. The number of hydrogen-bond donors (Lipinski definition) is 1. The van der Waals surface area contributed by atoms with E-state index in [1.54, 1.807) is 18.2 Å². The minimum Gasteiger partial charge on any atom is -0.484 e. The Labute approximate surface area is 159 Å². The molecule has 1 saturated heterocycles. The van der Waals surface area contributed by atoms with Crippen LogP contribution in [0.2, 0.25) is 0 Å². The Morgan fingerprint density at radius 2 is 1.85 bits per heavy atom. The molecule has 2 aromatic rings. The largest absolute Gasteiger partial charge is 0.484 e. The van der Waals surface area contributed by atoms with Crippen LogP contribution in [0, 0.1) is 5.82 Å². The molecule has 1 heterocycles. The van der Waals surface area contributed by atoms with Crippen LogP contribution < -0.4 is 15.0 Å². The monoisotopic (exact) mass is 371 g/mol. The molecule has 1 fully saturated rings. The van der Waals surface area contributed by atoms with E-state index in [2.05, 4.69) is 22.2 Å². The zero-order valence-corrected chi connectivity index (χ0v) is 15.8. The summed E-state index contributed by atoms with van der Waals surface area (Å²) in [5.41, 5.74) is 1.76. The van der Waals surface area contributed by atoms with Crippen molar-refractivity contribution in [2.24, 2.45) is 0 Å². The van der Waals surface area contributed by atoms with Crippen molar-refractivity contribution in [3.8, 4) is 5.75 Å². The predicted molar refractivity (Wildman–Crippen MR) is 105 cm³/mol. The summed E-state index contributed by atoms with van der Waals surface area (Å²) in [5, 5.41) is 2.91. The van der Waals surface area contributed by atoms with Gasteiger partial charge in [0.15, 0.2) is 6.61 Å². The fourth-order valence-corrected chi connectivity index (χ4v) is 3.23. The molecule has 1 amide bonds. The van der Waals surface area contributed by atoms with Crippen LogP contribution in [0.1, 0.15) is 18.5 Å². The van der Waals surface area contributed by atoms with Gasteiger partial charge in [-0.1, -0.05) is 18.2 Å². The molecule has 1 unspecified atom stereocenters. The van der Waals surface area contributed by atoms with E-state index < -0.39 is 0 Å². The van der Waals surface area contributed by atoms with Crippen LogP contribution >= 0.6 is 0 Å². The number of piperazine rings is 1. The number of carbonyl (C=O) groups is 1. The van der Waals surface area contributed by atoms with Gasteiger partial charge < -0.3 is 19.9 Å². The lowest BCUT2D eigenvalue weighted by Gasteiger charge is -2.36. The quantitative estimate of drug-likeness (QED) is 0.848. The fraction of sp³-hybridized carbons (Fsp3) is 0.381. The molecule has 0 aromatic heterocycles. The highest BCUT2D eigenvalue weighted by Gasteiger charge is 2.21. The first-order chi connectivity index (χ1) is 13.0. The molecule has 5 nitrogen and oxygen atoms in total. The molecule has 1 aliphatic rings. The number of rotatable bonds is 6. The summed E-state index contributed by atoms with van der Waals surface area (Å²) >= 11 is 0. The van der Waals surface area contributed by atoms with Crippen molar-refractivity contribution in [2.45, 2.75) is 13.0 Å². The summed E-state index contributed by atoms with van der Waals surface area (Å²) in [5.74, 6) is 0.105. The first-order valence-electron chi connectivity index (χ1n) is 9.23. The zero-order chi connectivity index (χ0) is 19.2. The highest BCUT2D eigenvalue weighted by molar-refractivity contribution is 5.78. The van der Waals surface area contributed by atoms with Crippen LogP contribution in [0.5, 0.6) is 5.75 Å². The molecule has 0 saturated carbocycles. The summed E-state index contributed by atoms with van der Waals surface area (Å²) in [6.07, 6.45) is 0. The Hall–Kier alpha value is -2.60. The Kier molecular flexibility index (Phi) is 6.29. The van der Waals surface area contributed by atoms with Gasteiger partial charge in [0, 0.05) is 37.4 Å². The number of nitrogens with zero attached hydrogens (tertiary/aromatic N) is 2. The summed E-state index contributed by atoms with van der Waals surface area (Å²) < 4.78 is 19.4. The van der Waals surface area contributed by atoms with Crippen molar-refractivity contribution in [1.29, 1.82) is 0 Å². The number of ether oxygens (including phenoxy) is 1. The predicted octanol–water partition coefficient (Wildman–Crippen LogP) is 2.83. The van der Waals surface area contributed by atoms with Crippen LogP contribution in [0.3, 0.4) is 0 Å². The molecular weight excluding hydrogens is 345 g/mol. The van der Waals surface area contributed by atoms with Gasteiger partial charge >= 0.3 is 0 Å². The number of benzene rings is 2. The summed E-state index contributed by atoms with van der Waals surface area (Å²) in [6, 6.07) is 13.7. The number of hydrogen-bond acceptors (Lipinski definition) is 4. The molecule has 0 aliphatic carbocycles. The third-order valence-electron chi connectivity index (χ3n) is 4.79. The van der Waals surface area contributed by atoms with Gasteiger partial charge in [-0.25, -0.2) is 4.39 Å². The van der Waals surface area contributed by atoms with Gasteiger partial charge in [0.25, 0.3) is 5.91 Å². The van der Waals surface area contributed by atoms with Crippen LogP contribution in [0.15, 0.2) is 48.5 Å². The second-order valence-corrected chi connectivity index (χ2v) is 6.88. The van der Waals surface area contributed by atoms with E-state index in [1.807, 2.05) is 25.1 Å². The lowest BCUT2D eigenvalue weighted by atomic mass is 10.0. The SMILES string of the molecule is CC(NC(=O)COc1ccccc1)c1cc(F)ccc1N1CCN(C)CC1. The maximum Gasteiger partial charge on any atom is 0.258 e. The van der Waals surface area contributed by atoms with Gasteiger partial charge in [0.1, 0.15) is 11.6 Å². The Morgan fingerprint density at radius 1 is 1.15 bits per heavy atom. The number of amides is 1. The minimum atomic E-state index is -0.317. The molecule has 1 aliphatic heterocycles. The molecule has 1 atom stereocenters. The topological polar surface area (TPSA) is 44.8 Å². The van der Waals surface area contributed by atoms with Crippen LogP contribution in [0.25, 0.3) is 0 Å². The first kappa shape index (κ1) is 19.2. The first-order valence-corrected chi connectivity index (χ1v) is 9.23. The number of anilines is 1. The van der Waals surface area contributed by atoms with Gasteiger partial charge in [-0.3, -0.25) is 4.79 Å². The van der Waals surface area contributed by atoms with E-state index in [0.717, 1.165) is 37.4 Å². The number of likely N-dealkylation sites (N-methyl/N-ethyl adjacent to an activating group) is 1. The molecule has 0 bridgehead atoms.